The van der Waals surface area contributed by atoms with Crippen LogP contribution in [-0.2, 0) is 13.5 Å². The number of hydrogen-bond donors (Lipinski definition) is 0. The van der Waals surface area contributed by atoms with Crippen molar-refractivity contribution >= 4 is 0 Å². The Morgan fingerprint density at radius 1 is 1.57 bits per heavy atom. The first-order valence-corrected chi connectivity index (χ1v) is 4.42. The quantitative estimate of drug-likeness (QED) is 0.598. The van der Waals surface area contributed by atoms with Crippen LogP contribution < -0.4 is 10.3 Å². The van der Waals surface area contributed by atoms with E-state index >= 15 is 0 Å². The third-order valence-electron chi connectivity index (χ3n) is 2.61. The minimum absolute atomic E-state index is 0.233. The fraction of sp³-hybridized carbons (Fsp3) is 0.400. The summed E-state index contributed by atoms with van der Waals surface area (Å²) in [5.74, 6) is 0.617. The van der Waals surface area contributed by atoms with Gasteiger partial charge in [-0.25, -0.2) is 0 Å². The van der Waals surface area contributed by atoms with E-state index in [4.69, 9.17) is 10.00 Å². The molecule has 1 aliphatic heterocycles. The van der Waals surface area contributed by atoms with Crippen molar-refractivity contribution in [1.29, 1.82) is 5.26 Å². The summed E-state index contributed by atoms with van der Waals surface area (Å²) in [6, 6.07) is 1.95. The number of pyridine rings is 1. The summed E-state index contributed by atoms with van der Waals surface area (Å²) in [6.45, 7) is 2.39. The Morgan fingerprint density at radius 3 is 2.93 bits per heavy atom. The molecule has 4 heteroatoms. The molecule has 0 N–H and O–H groups in total. The van der Waals surface area contributed by atoms with Crippen molar-refractivity contribution in [1.82, 2.24) is 4.57 Å². The fourth-order valence-corrected chi connectivity index (χ4v) is 1.79. The van der Waals surface area contributed by atoms with E-state index in [1.807, 2.05) is 6.07 Å². The smallest absolute Gasteiger partial charge is 0.271 e. The molecule has 72 valence electrons. The zero-order chi connectivity index (χ0) is 10.3. The number of aromatic nitrogens is 1. The van der Waals surface area contributed by atoms with Crippen LogP contribution in [0, 0.1) is 18.3 Å². The van der Waals surface area contributed by atoms with E-state index in [1.54, 1.807) is 14.0 Å². The molecule has 0 saturated carbocycles. The molecule has 0 unspecified atom stereocenters. The van der Waals surface area contributed by atoms with Gasteiger partial charge in [-0.05, 0) is 12.5 Å². The summed E-state index contributed by atoms with van der Waals surface area (Å²) in [5.41, 5.74) is 1.72. The second-order valence-electron chi connectivity index (χ2n) is 3.36. The van der Waals surface area contributed by atoms with Gasteiger partial charge < -0.3 is 4.74 Å². The lowest BCUT2D eigenvalue weighted by Gasteiger charge is -2.08. The lowest BCUT2D eigenvalue weighted by molar-refractivity contribution is 0.330. The highest BCUT2D eigenvalue weighted by atomic mass is 16.5. The molecule has 0 aromatic carbocycles. The summed E-state index contributed by atoms with van der Waals surface area (Å²) < 4.78 is 6.75. The first kappa shape index (κ1) is 8.82. The molecule has 0 saturated heterocycles. The van der Waals surface area contributed by atoms with Crippen molar-refractivity contribution < 1.29 is 4.74 Å². The van der Waals surface area contributed by atoms with Gasteiger partial charge in [-0.3, -0.25) is 9.36 Å². The molecule has 0 aliphatic carbocycles. The summed E-state index contributed by atoms with van der Waals surface area (Å²) in [4.78, 5) is 11.6. The average molecular weight is 190 g/mol. The van der Waals surface area contributed by atoms with Gasteiger partial charge in [0.1, 0.15) is 11.6 Å². The van der Waals surface area contributed by atoms with Crippen molar-refractivity contribution in [2.45, 2.75) is 13.3 Å². The van der Waals surface area contributed by atoms with Gasteiger partial charge in [0.05, 0.1) is 6.61 Å². The Balaban J connectivity index is 2.88. The van der Waals surface area contributed by atoms with E-state index in [-0.39, 0.29) is 11.1 Å². The van der Waals surface area contributed by atoms with Crippen LogP contribution in [0.2, 0.25) is 0 Å². The lowest BCUT2D eigenvalue weighted by atomic mass is 10.0. The van der Waals surface area contributed by atoms with Crippen LogP contribution >= 0.6 is 0 Å². The number of nitrogens with zero attached hydrogens (tertiary/aromatic N) is 2. The number of nitriles is 1. The van der Waals surface area contributed by atoms with Gasteiger partial charge in [0.15, 0.2) is 5.88 Å². The van der Waals surface area contributed by atoms with Gasteiger partial charge in [0.25, 0.3) is 5.56 Å². The zero-order valence-electron chi connectivity index (χ0n) is 8.13. The first-order chi connectivity index (χ1) is 6.66. The number of fused-ring (bicyclic) bond motifs is 1. The topological polar surface area (TPSA) is 55.0 Å². The van der Waals surface area contributed by atoms with Gasteiger partial charge in [-0.2, -0.15) is 5.26 Å². The van der Waals surface area contributed by atoms with Crippen molar-refractivity contribution in [2.24, 2.45) is 7.05 Å². The standard InChI is InChI=1S/C10H10N2O2/c1-6-7-3-4-14-10(7)12(2)9(13)8(6)5-11/h3-4H2,1-2H3. The Labute approximate surface area is 81.3 Å². The van der Waals surface area contributed by atoms with Crippen molar-refractivity contribution in [3.63, 3.8) is 0 Å². The predicted octanol–water partition coefficient (Wildman–Crippen LogP) is 0.500. The third kappa shape index (κ3) is 0.956. The average Bonchev–Trinajstić information content (AvgIpc) is 2.64. The molecule has 2 heterocycles. The highest BCUT2D eigenvalue weighted by molar-refractivity contribution is 5.47. The molecule has 0 fully saturated rings. The van der Waals surface area contributed by atoms with E-state index in [2.05, 4.69) is 0 Å². The molecule has 1 aromatic rings. The monoisotopic (exact) mass is 190 g/mol. The molecule has 2 rings (SSSR count). The number of hydrogen-bond acceptors (Lipinski definition) is 3. The Morgan fingerprint density at radius 2 is 2.29 bits per heavy atom. The van der Waals surface area contributed by atoms with Crippen molar-refractivity contribution in [3.8, 4) is 11.9 Å². The number of rotatable bonds is 0. The molecule has 14 heavy (non-hydrogen) atoms. The maximum Gasteiger partial charge on any atom is 0.271 e. The van der Waals surface area contributed by atoms with Crippen LogP contribution in [0.1, 0.15) is 16.7 Å². The lowest BCUT2D eigenvalue weighted by Crippen LogP contribution is -2.22. The third-order valence-corrected chi connectivity index (χ3v) is 2.61. The Bertz CT molecular complexity index is 494. The maximum absolute atomic E-state index is 11.6. The molecule has 0 bridgehead atoms. The maximum atomic E-state index is 11.6. The minimum atomic E-state index is -0.273. The molecule has 0 spiro atoms. The fourth-order valence-electron chi connectivity index (χ4n) is 1.79. The second kappa shape index (κ2) is 2.88. The van der Waals surface area contributed by atoms with Gasteiger partial charge in [0.2, 0.25) is 0 Å². The normalized spacial score (nSPS) is 13.2. The van der Waals surface area contributed by atoms with Crippen LogP contribution in [0.25, 0.3) is 0 Å². The van der Waals surface area contributed by atoms with Crippen LogP contribution in [0.15, 0.2) is 4.79 Å². The van der Waals surface area contributed by atoms with Crippen LogP contribution in [0.5, 0.6) is 5.88 Å². The Kier molecular flexibility index (Phi) is 1.81. The van der Waals surface area contributed by atoms with Crippen LogP contribution in [0.4, 0.5) is 0 Å². The van der Waals surface area contributed by atoms with E-state index in [1.165, 1.54) is 4.57 Å². The highest BCUT2D eigenvalue weighted by Gasteiger charge is 2.22. The molecular formula is C10H10N2O2. The summed E-state index contributed by atoms with van der Waals surface area (Å²) in [7, 11) is 1.63. The van der Waals surface area contributed by atoms with Gasteiger partial charge in [0, 0.05) is 19.0 Å². The summed E-state index contributed by atoms with van der Waals surface area (Å²) in [6.07, 6.45) is 0.782. The van der Waals surface area contributed by atoms with Crippen molar-refractivity contribution in [2.75, 3.05) is 6.61 Å². The molecule has 1 aliphatic rings. The largest absolute Gasteiger partial charge is 0.478 e. The van der Waals surface area contributed by atoms with Crippen LogP contribution in [-0.4, -0.2) is 11.2 Å². The van der Waals surface area contributed by atoms with Gasteiger partial charge >= 0.3 is 0 Å². The second-order valence-corrected chi connectivity index (χ2v) is 3.36. The Hall–Kier alpha value is -1.76. The van der Waals surface area contributed by atoms with Crippen LogP contribution in [0.3, 0.4) is 0 Å². The SMILES string of the molecule is Cc1c2c(n(C)c(=O)c1C#N)OCC2. The highest BCUT2D eigenvalue weighted by Crippen LogP contribution is 2.27. The van der Waals surface area contributed by atoms with E-state index in [0.717, 1.165) is 17.5 Å². The molecule has 4 nitrogen and oxygen atoms in total. The molecule has 1 aromatic heterocycles. The molecule has 0 radical (unpaired) electrons. The van der Waals surface area contributed by atoms with Gasteiger partial charge in [-0.15, -0.1) is 0 Å². The zero-order valence-corrected chi connectivity index (χ0v) is 8.13. The van der Waals surface area contributed by atoms with E-state index in [0.29, 0.717) is 12.5 Å². The van der Waals surface area contributed by atoms with E-state index < -0.39 is 0 Å². The van der Waals surface area contributed by atoms with Crippen molar-refractivity contribution in [3.05, 3.63) is 27.0 Å². The summed E-state index contributed by atoms with van der Waals surface area (Å²) in [5, 5.41) is 8.85. The minimum Gasteiger partial charge on any atom is -0.478 e. The predicted molar refractivity (Wildman–Crippen MR) is 50.3 cm³/mol. The number of ether oxygens (including phenoxy) is 1. The first-order valence-electron chi connectivity index (χ1n) is 4.42. The molecule has 0 atom stereocenters. The van der Waals surface area contributed by atoms with E-state index in [9.17, 15) is 4.79 Å². The molecular weight excluding hydrogens is 180 g/mol. The molecule has 0 amide bonds. The summed E-state index contributed by atoms with van der Waals surface area (Å²) >= 11 is 0. The van der Waals surface area contributed by atoms with Gasteiger partial charge in [-0.1, -0.05) is 0 Å².